The second-order valence-electron chi connectivity index (χ2n) is 6.46. The van der Waals surface area contributed by atoms with E-state index in [0.29, 0.717) is 18.2 Å². The van der Waals surface area contributed by atoms with Crippen molar-refractivity contribution >= 4 is 0 Å². The number of hydrogen-bond acceptors (Lipinski definition) is 3. The summed E-state index contributed by atoms with van der Waals surface area (Å²) >= 11 is 0. The van der Waals surface area contributed by atoms with E-state index in [-0.39, 0.29) is 6.17 Å². The minimum absolute atomic E-state index is 0.243. The first-order valence-corrected chi connectivity index (χ1v) is 7.58. The predicted molar refractivity (Wildman–Crippen MR) is 75.7 cm³/mol. The molecule has 18 heavy (non-hydrogen) atoms. The molecule has 0 amide bonds. The van der Waals surface area contributed by atoms with Crippen LogP contribution in [0.25, 0.3) is 0 Å². The topological polar surface area (TPSA) is 55.3 Å². The van der Waals surface area contributed by atoms with E-state index in [9.17, 15) is 0 Å². The quantitative estimate of drug-likeness (QED) is 0.726. The van der Waals surface area contributed by atoms with Crippen LogP contribution in [0.2, 0.25) is 0 Å². The molecule has 106 valence electrons. The molecule has 2 rings (SSSR count). The molecular formula is C14H31N4+. The van der Waals surface area contributed by atoms with Gasteiger partial charge in [0.15, 0.2) is 0 Å². The Hall–Kier alpha value is -0.160. The predicted octanol–water partition coefficient (Wildman–Crippen LogP) is 1.06. The molecule has 4 nitrogen and oxygen atoms in total. The molecule has 2 aliphatic rings. The standard InChI is InChI=1S/C14H31N4/c1-4-18(3)12(8-6-10-14(18)16)11-7-5-9-13(15)17(11)2/h11-14H,4-10,15-16H2,1-3H3/q+1. The first kappa shape index (κ1) is 14.3. The summed E-state index contributed by atoms with van der Waals surface area (Å²) in [5.74, 6) is 0. The van der Waals surface area contributed by atoms with Crippen LogP contribution in [0.1, 0.15) is 45.4 Å². The number of nitrogens with zero attached hydrogens (tertiary/aromatic N) is 2. The molecular weight excluding hydrogens is 224 g/mol. The maximum absolute atomic E-state index is 6.42. The SMILES string of the molecule is CC[N+]1(C)C(N)CCCC1C1CCCC(N)N1C. The highest BCUT2D eigenvalue weighted by atomic mass is 15.4. The summed E-state index contributed by atoms with van der Waals surface area (Å²) in [6, 6.07) is 1.28. The number of likely N-dealkylation sites (N-methyl/N-ethyl adjacent to an activating group) is 2. The minimum Gasteiger partial charge on any atom is -0.316 e. The van der Waals surface area contributed by atoms with Gasteiger partial charge in [-0.3, -0.25) is 10.6 Å². The zero-order valence-electron chi connectivity index (χ0n) is 12.3. The van der Waals surface area contributed by atoms with Gasteiger partial charge >= 0.3 is 0 Å². The van der Waals surface area contributed by atoms with Gasteiger partial charge in [0.2, 0.25) is 0 Å². The number of piperidine rings is 2. The van der Waals surface area contributed by atoms with Crippen LogP contribution in [0.4, 0.5) is 0 Å². The van der Waals surface area contributed by atoms with Gasteiger partial charge < -0.3 is 10.2 Å². The van der Waals surface area contributed by atoms with Gasteiger partial charge in [0.05, 0.1) is 25.8 Å². The van der Waals surface area contributed by atoms with Gasteiger partial charge in [0.25, 0.3) is 0 Å². The molecule has 2 aliphatic heterocycles. The normalized spacial score (nSPS) is 47.2. The van der Waals surface area contributed by atoms with Gasteiger partial charge in [-0.1, -0.05) is 0 Å². The summed E-state index contributed by atoms with van der Waals surface area (Å²) in [6.07, 6.45) is 8.00. The maximum Gasteiger partial charge on any atom is 0.140 e. The van der Waals surface area contributed by atoms with Crippen LogP contribution in [0.5, 0.6) is 0 Å². The molecule has 0 aromatic rings. The van der Waals surface area contributed by atoms with E-state index in [2.05, 4.69) is 25.9 Å². The molecule has 2 fully saturated rings. The summed E-state index contributed by atoms with van der Waals surface area (Å²) in [7, 11) is 4.55. The van der Waals surface area contributed by atoms with Crippen molar-refractivity contribution in [3.63, 3.8) is 0 Å². The van der Waals surface area contributed by atoms with E-state index >= 15 is 0 Å². The number of quaternary nitrogens is 1. The van der Waals surface area contributed by atoms with Crippen LogP contribution in [-0.4, -0.2) is 54.4 Å². The van der Waals surface area contributed by atoms with Crippen LogP contribution >= 0.6 is 0 Å². The van der Waals surface area contributed by atoms with Crippen molar-refractivity contribution in [2.24, 2.45) is 11.5 Å². The number of nitrogens with two attached hydrogens (primary N) is 2. The molecule has 0 radical (unpaired) electrons. The molecule has 2 saturated heterocycles. The molecule has 4 N–H and O–H groups in total. The van der Waals surface area contributed by atoms with Crippen molar-refractivity contribution in [1.82, 2.24) is 4.90 Å². The van der Waals surface area contributed by atoms with Gasteiger partial charge in [0.1, 0.15) is 12.2 Å². The summed E-state index contributed by atoms with van der Waals surface area (Å²) < 4.78 is 1.03. The van der Waals surface area contributed by atoms with Crippen molar-refractivity contribution in [3.8, 4) is 0 Å². The zero-order valence-corrected chi connectivity index (χ0v) is 12.3. The van der Waals surface area contributed by atoms with Gasteiger partial charge in [-0.25, -0.2) is 0 Å². The molecule has 2 heterocycles. The average molecular weight is 255 g/mol. The van der Waals surface area contributed by atoms with Crippen molar-refractivity contribution in [3.05, 3.63) is 0 Å². The van der Waals surface area contributed by atoms with Crippen molar-refractivity contribution < 1.29 is 4.48 Å². The molecule has 0 aromatic carbocycles. The Morgan fingerprint density at radius 2 is 1.78 bits per heavy atom. The van der Waals surface area contributed by atoms with Crippen molar-refractivity contribution in [2.45, 2.75) is 69.9 Å². The molecule has 0 aromatic heterocycles. The van der Waals surface area contributed by atoms with Crippen LogP contribution in [0.15, 0.2) is 0 Å². The Bertz CT molecular complexity index is 283. The molecule has 5 atom stereocenters. The van der Waals surface area contributed by atoms with Crippen LogP contribution in [0.3, 0.4) is 0 Å². The third kappa shape index (κ3) is 2.31. The Morgan fingerprint density at radius 1 is 1.11 bits per heavy atom. The summed E-state index contributed by atoms with van der Waals surface area (Å²) in [5, 5.41) is 0. The summed E-state index contributed by atoms with van der Waals surface area (Å²) in [4.78, 5) is 2.42. The third-order valence-electron chi connectivity index (χ3n) is 5.69. The zero-order chi connectivity index (χ0) is 13.3. The third-order valence-corrected chi connectivity index (χ3v) is 5.69. The molecule has 0 aliphatic carbocycles. The first-order chi connectivity index (χ1) is 8.50. The lowest BCUT2D eigenvalue weighted by molar-refractivity contribution is -0.962. The van der Waals surface area contributed by atoms with E-state index in [0.717, 1.165) is 17.4 Å². The lowest BCUT2D eigenvalue weighted by atomic mass is 9.85. The Balaban J connectivity index is 2.19. The fourth-order valence-electron chi connectivity index (χ4n) is 4.08. The van der Waals surface area contributed by atoms with Crippen LogP contribution < -0.4 is 11.5 Å². The van der Waals surface area contributed by atoms with E-state index in [4.69, 9.17) is 11.5 Å². The van der Waals surface area contributed by atoms with Crippen molar-refractivity contribution in [2.75, 3.05) is 20.6 Å². The van der Waals surface area contributed by atoms with Gasteiger partial charge in [-0.05, 0) is 39.7 Å². The lowest BCUT2D eigenvalue weighted by Crippen LogP contribution is -2.70. The van der Waals surface area contributed by atoms with E-state index < -0.39 is 0 Å². The molecule has 0 bridgehead atoms. The second kappa shape index (κ2) is 5.45. The molecule has 4 heteroatoms. The number of hydrogen-bond donors (Lipinski definition) is 2. The highest BCUT2D eigenvalue weighted by molar-refractivity contribution is 4.88. The lowest BCUT2D eigenvalue weighted by Gasteiger charge is -2.54. The van der Waals surface area contributed by atoms with Crippen LogP contribution in [-0.2, 0) is 0 Å². The highest BCUT2D eigenvalue weighted by Gasteiger charge is 2.46. The minimum atomic E-state index is 0.243. The van der Waals surface area contributed by atoms with E-state index in [1.165, 1.54) is 32.1 Å². The summed E-state index contributed by atoms with van der Waals surface area (Å²) in [5.41, 5.74) is 12.7. The van der Waals surface area contributed by atoms with Gasteiger partial charge in [0, 0.05) is 12.8 Å². The Labute approximate surface area is 112 Å². The largest absolute Gasteiger partial charge is 0.316 e. The fourth-order valence-corrected chi connectivity index (χ4v) is 4.08. The monoisotopic (exact) mass is 255 g/mol. The number of rotatable bonds is 2. The Morgan fingerprint density at radius 3 is 2.44 bits per heavy atom. The second-order valence-corrected chi connectivity index (χ2v) is 6.46. The summed E-state index contributed by atoms with van der Waals surface area (Å²) in [6.45, 7) is 3.41. The number of likely N-dealkylation sites (tertiary alicyclic amines) is 2. The first-order valence-electron chi connectivity index (χ1n) is 7.58. The Kier molecular flexibility index (Phi) is 4.32. The van der Waals surface area contributed by atoms with Crippen LogP contribution in [0, 0.1) is 0 Å². The highest BCUT2D eigenvalue weighted by Crippen LogP contribution is 2.34. The average Bonchev–Trinajstić information content (AvgIpc) is 2.36. The van der Waals surface area contributed by atoms with Gasteiger partial charge in [-0.15, -0.1) is 0 Å². The van der Waals surface area contributed by atoms with Crippen molar-refractivity contribution in [1.29, 1.82) is 0 Å². The fraction of sp³-hybridized carbons (Fsp3) is 1.00. The molecule has 0 saturated carbocycles. The van der Waals surface area contributed by atoms with E-state index in [1.54, 1.807) is 0 Å². The van der Waals surface area contributed by atoms with Gasteiger partial charge in [-0.2, -0.15) is 0 Å². The van der Waals surface area contributed by atoms with E-state index in [1.807, 2.05) is 0 Å². The smallest absolute Gasteiger partial charge is 0.140 e. The maximum atomic E-state index is 6.42. The molecule has 5 unspecified atom stereocenters. The molecule has 0 spiro atoms.